The second kappa shape index (κ2) is 14.0. The number of ether oxygens (including phenoxy) is 4. The molecule has 0 saturated heterocycles. The third-order valence-electron chi connectivity index (χ3n) is 5.36. The van der Waals surface area contributed by atoms with Crippen molar-refractivity contribution in [2.45, 2.75) is 19.9 Å². The summed E-state index contributed by atoms with van der Waals surface area (Å²) in [5, 5.41) is 9.26. The summed E-state index contributed by atoms with van der Waals surface area (Å²) in [4.78, 5) is 36.9. The van der Waals surface area contributed by atoms with Crippen LogP contribution >= 0.6 is 15.9 Å². The van der Waals surface area contributed by atoms with Crippen molar-refractivity contribution >= 4 is 40.1 Å². The van der Waals surface area contributed by atoms with E-state index in [2.05, 4.69) is 43.7 Å². The molecule has 0 saturated carbocycles. The maximum atomic E-state index is 12.5. The minimum absolute atomic E-state index is 0.188. The van der Waals surface area contributed by atoms with Crippen LogP contribution in [0, 0.1) is 0 Å². The molecule has 1 aliphatic heterocycles. The average molecular weight is 601 g/mol. The fourth-order valence-electron chi connectivity index (χ4n) is 3.62. The van der Waals surface area contributed by atoms with Crippen LogP contribution < -0.4 is 30.3 Å². The molecule has 0 spiro atoms. The molecule has 0 unspecified atom stereocenters. The smallest absolute Gasteiger partial charge is 0.338 e. The van der Waals surface area contributed by atoms with Crippen molar-refractivity contribution < 1.29 is 33.3 Å². The van der Waals surface area contributed by atoms with Crippen LogP contribution in [0.15, 0.2) is 69.9 Å². The van der Waals surface area contributed by atoms with Crippen LogP contribution in [-0.4, -0.2) is 51.1 Å². The first-order chi connectivity index (χ1) is 18.8. The van der Waals surface area contributed by atoms with Crippen LogP contribution in [0.3, 0.4) is 0 Å². The normalized spacial score (nSPS) is 14.8. The van der Waals surface area contributed by atoms with Gasteiger partial charge in [-0.05, 0) is 71.2 Å². The molecule has 3 N–H and O–H groups in total. The number of rotatable bonds is 12. The average Bonchev–Trinajstić information content (AvgIpc) is 2.91. The number of nitrogens with zero attached hydrogens (tertiary/aromatic N) is 1. The van der Waals surface area contributed by atoms with Crippen molar-refractivity contribution in [2.24, 2.45) is 5.10 Å². The van der Waals surface area contributed by atoms with Crippen molar-refractivity contribution in [1.82, 2.24) is 16.1 Å². The van der Waals surface area contributed by atoms with Crippen LogP contribution in [0.4, 0.5) is 4.79 Å². The number of nitrogens with one attached hydrogen (secondary N) is 3. The number of amides is 3. The minimum atomic E-state index is -0.763. The summed E-state index contributed by atoms with van der Waals surface area (Å²) in [6.45, 7) is 7.18. The highest BCUT2D eigenvalue weighted by molar-refractivity contribution is 9.10. The van der Waals surface area contributed by atoms with Gasteiger partial charge in [0.25, 0.3) is 5.91 Å². The molecule has 0 aromatic heterocycles. The minimum Gasteiger partial charge on any atom is -0.493 e. The van der Waals surface area contributed by atoms with E-state index in [0.717, 1.165) is 10.0 Å². The fraction of sp³-hybridized carbons (Fsp3) is 0.259. The number of benzene rings is 2. The molecule has 206 valence electrons. The molecule has 0 radical (unpaired) electrons. The Bertz CT molecular complexity index is 1310. The Morgan fingerprint density at radius 1 is 1.15 bits per heavy atom. The highest BCUT2D eigenvalue weighted by Crippen LogP contribution is 2.34. The Labute approximate surface area is 234 Å². The molecule has 12 heteroatoms. The van der Waals surface area contributed by atoms with Crippen molar-refractivity contribution in [2.75, 3.05) is 26.9 Å². The molecule has 3 rings (SSSR count). The third-order valence-corrected chi connectivity index (χ3v) is 5.98. The van der Waals surface area contributed by atoms with Gasteiger partial charge >= 0.3 is 12.0 Å². The van der Waals surface area contributed by atoms with E-state index in [9.17, 15) is 14.4 Å². The Morgan fingerprint density at radius 3 is 2.62 bits per heavy atom. The Morgan fingerprint density at radius 2 is 1.92 bits per heavy atom. The van der Waals surface area contributed by atoms with Gasteiger partial charge in [-0.15, -0.1) is 0 Å². The maximum absolute atomic E-state index is 12.5. The van der Waals surface area contributed by atoms with Gasteiger partial charge in [0.05, 0.1) is 36.0 Å². The summed E-state index contributed by atoms with van der Waals surface area (Å²) in [5.74, 6) is 0.221. The second-order valence-electron chi connectivity index (χ2n) is 8.07. The summed E-state index contributed by atoms with van der Waals surface area (Å²) in [6, 6.07) is 9.02. The number of carbonyl (C=O) groups excluding carboxylic acids is 3. The predicted molar refractivity (Wildman–Crippen MR) is 148 cm³/mol. The summed E-state index contributed by atoms with van der Waals surface area (Å²) in [6.07, 6.45) is 3.14. The second-order valence-corrected chi connectivity index (χ2v) is 8.93. The summed E-state index contributed by atoms with van der Waals surface area (Å²) < 4.78 is 22.4. The highest BCUT2D eigenvalue weighted by atomic mass is 79.9. The first-order valence-electron chi connectivity index (χ1n) is 11.9. The molecule has 1 aliphatic rings. The van der Waals surface area contributed by atoms with Crippen molar-refractivity contribution in [3.8, 4) is 17.2 Å². The van der Waals surface area contributed by atoms with E-state index in [4.69, 9.17) is 18.9 Å². The number of methoxy groups -OCH3 is 1. The van der Waals surface area contributed by atoms with Crippen LogP contribution in [0.25, 0.3) is 0 Å². The number of carbonyl (C=O) groups is 3. The first kappa shape index (κ1) is 29.2. The van der Waals surface area contributed by atoms with Crippen molar-refractivity contribution in [3.63, 3.8) is 0 Å². The van der Waals surface area contributed by atoms with E-state index in [-0.39, 0.29) is 24.5 Å². The molecule has 3 amide bonds. The number of urea groups is 1. The Kier molecular flexibility index (Phi) is 10.5. The van der Waals surface area contributed by atoms with E-state index < -0.39 is 23.9 Å². The number of esters is 1. The van der Waals surface area contributed by atoms with Gasteiger partial charge in [-0.3, -0.25) is 4.79 Å². The lowest BCUT2D eigenvalue weighted by atomic mass is 9.95. The zero-order chi connectivity index (χ0) is 28.4. The number of hydrogen-bond acceptors (Lipinski definition) is 8. The van der Waals surface area contributed by atoms with Crippen molar-refractivity contribution in [1.29, 1.82) is 0 Å². The number of hydrazone groups is 1. The van der Waals surface area contributed by atoms with Crippen molar-refractivity contribution in [3.05, 3.63) is 75.9 Å². The van der Waals surface area contributed by atoms with Gasteiger partial charge in [0.1, 0.15) is 12.4 Å². The molecule has 2 aromatic rings. The Balaban J connectivity index is 1.64. The van der Waals surface area contributed by atoms with Crippen LogP contribution in [-0.2, 0) is 14.3 Å². The van der Waals surface area contributed by atoms with E-state index in [1.807, 2.05) is 0 Å². The predicted octanol–water partition coefficient (Wildman–Crippen LogP) is 3.74. The monoisotopic (exact) mass is 600 g/mol. The number of halogens is 1. The van der Waals surface area contributed by atoms with E-state index in [0.29, 0.717) is 29.4 Å². The molecule has 1 atom stereocenters. The zero-order valence-corrected chi connectivity index (χ0v) is 23.3. The molecular formula is C27H29BrN4O7. The van der Waals surface area contributed by atoms with Crippen LogP contribution in [0.2, 0.25) is 0 Å². The lowest BCUT2D eigenvalue weighted by Crippen LogP contribution is -2.45. The van der Waals surface area contributed by atoms with E-state index in [1.54, 1.807) is 56.3 Å². The van der Waals surface area contributed by atoms with Crippen LogP contribution in [0.1, 0.15) is 31.0 Å². The molecule has 1 heterocycles. The highest BCUT2D eigenvalue weighted by Gasteiger charge is 2.32. The topological polar surface area (TPSA) is 137 Å². The van der Waals surface area contributed by atoms with Gasteiger partial charge in [-0.25, -0.2) is 15.0 Å². The molecule has 39 heavy (non-hydrogen) atoms. The maximum Gasteiger partial charge on any atom is 0.338 e. The first-order valence-corrected chi connectivity index (χ1v) is 12.7. The quantitative estimate of drug-likeness (QED) is 0.146. The van der Waals surface area contributed by atoms with E-state index in [1.165, 1.54) is 13.3 Å². The van der Waals surface area contributed by atoms with Gasteiger partial charge in [0.2, 0.25) is 0 Å². The molecule has 11 nitrogen and oxygen atoms in total. The van der Waals surface area contributed by atoms with Gasteiger partial charge in [0, 0.05) is 5.70 Å². The summed E-state index contributed by atoms with van der Waals surface area (Å²) in [5.41, 5.74) is 4.37. The van der Waals surface area contributed by atoms with E-state index >= 15 is 0 Å². The largest absolute Gasteiger partial charge is 0.493 e. The zero-order valence-electron chi connectivity index (χ0n) is 21.7. The third kappa shape index (κ3) is 7.84. The SMILES string of the molecule is C=CCOc1ccc(/C=N\NC(=O)COc2ccc([C@@H]3NC(=O)NC(C)=C3C(=O)OCC)cc2OC)cc1Br. The van der Waals surface area contributed by atoms with Gasteiger partial charge in [0.15, 0.2) is 18.1 Å². The van der Waals surface area contributed by atoms with Crippen LogP contribution in [0.5, 0.6) is 17.2 Å². The Hall–Kier alpha value is -4.32. The van der Waals surface area contributed by atoms with Gasteiger partial charge in [-0.1, -0.05) is 18.7 Å². The van der Waals surface area contributed by atoms with Gasteiger partial charge in [-0.2, -0.15) is 5.10 Å². The standard InChI is InChI=1S/C27H29BrN4O7/c1-5-11-38-20-9-7-17(12-19(20)28)14-29-32-23(33)15-39-21-10-8-18(13-22(21)36-4)25-24(26(34)37-6-2)16(3)30-27(35)31-25/h5,7-10,12-14,25H,1,6,11,15H2,2-4H3,(H,32,33)(H2,30,31,35)/b29-14-/t25-/m0/s1. The fourth-order valence-corrected chi connectivity index (χ4v) is 4.13. The molecule has 2 aromatic carbocycles. The number of hydrogen-bond donors (Lipinski definition) is 3. The molecule has 0 bridgehead atoms. The lowest BCUT2D eigenvalue weighted by molar-refractivity contribution is -0.139. The van der Waals surface area contributed by atoms with Gasteiger partial charge < -0.3 is 29.6 Å². The summed E-state index contributed by atoms with van der Waals surface area (Å²) in [7, 11) is 1.44. The molecular weight excluding hydrogens is 572 g/mol. The molecule has 0 fully saturated rings. The summed E-state index contributed by atoms with van der Waals surface area (Å²) >= 11 is 3.43. The lowest BCUT2D eigenvalue weighted by Gasteiger charge is -2.28. The number of allylic oxidation sites excluding steroid dienone is 1. The molecule has 0 aliphatic carbocycles.